The summed E-state index contributed by atoms with van der Waals surface area (Å²) in [7, 11) is 0. The lowest BCUT2D eigenvalue weighted by Crippen LogP contribution is -2.26. The van der Waals surface area contributed by atoms with Gasteiger partial charge in [-0.15, -0.1) is 5.10 Å². The number of halogens is 1. The molecule has 7 nitrogen and oxygen atoms in total. The Morgan fingerprint density at radius 2 is 2.00 bits per heavy atom. The van der Waals surface area contributed by atoms with Crippen LogP contribution in [0, 0.1) is 0 Å². The number of rotatable bonds is 6. The van der Waals surface area contributed by atoms with Crippen LogP contribution in [0.4, 0.5) is 0 Å². The van der Waals surface area contributed by atoms with E-state index in [9.17, 15) is 9.59 Å². The molecule has 0 spiro atoms. The molecule has 1 aromatic heterocycles. The third kappa shape index (κ3) is 4.57. The minimum Gasteiger partial charge on any atom is -0.480 e. The molecule has 0 bridgehead atoms. The van der Waals surface area contributed by atoms with E-state index in [2.05, 4.69) is 15.6 Å². The summed E-state index contributed by atoms with van der Waals surface area (Å²) in [6.45, 7) is 0.108. The van der Waals surface area contributed by atoms with Crippen molar-refractivity contribution in [2.24, 2.45) is 0 Å². The van der Waals surface area contributed by atoms with Gasteiger partial charge >= 0.3 is 5.97 Å². The monoisotopic (exact) mass is 308 g/mol. The molecule has 2 N–H and O–H groups in total. The van der Waals surface area contributed by atoms with Crippen molar-refractivity contribution >= 4 is 23.5 Å². The van der Waals surface area contributed by atoms with Crippen molar-refractivity contribution in [3.63, 3.8) is 0 Å². The van der Waals surface area contributed by atoms with Crippen molar-refractivity contribution in [2.45, 2.75) is 13.0 Å². The highest BCUT2D eigenvalue weighted by atomic mass is 35.5. The molecule has 1 heterocycles. The van der Waals surface area contributed by atoms with Crippen molar-refractivity contribution < 1.29 is 14.7 Å². The van der Waals surface area contributed by atoms with Crippen LogP contribution in [-0.2, 0) is 17.8 Å². The summed E-state index contributed by atoms with van der Waals surface area (Å²) < 4.78 is 1.09. The number of carboxylic acids is 1. The van der Waals surface area contributed by atoms with Crippen LogP contribution in [-0.4, -0.2) is 38.5 Å². The van der Waals surface area contributed by atoms with Crippen LogP contribution in [0.2, 0.25) is 5.02 Å². The van der Waals surface area contributed by atoms with Gasteiger partial charge in [-0.05, 0) is 24.1 Å². The zero-order valence-electron chi connectivity index (χ0n) is 11.0. The molecule has 0 unspecified atom stereocenters. The molecule has 0 fully saturated rings. The predicted molar refractivity (Wildman–Crippen MR) is 75.1 cm³/mol. The highest BCUT2D eigenvalue weighted by molar-refractivity contribution is 6.30. The summed E-state index contributed by atoms with van der Waals surface area (Å²) in [5.41, 5.74) is 1.14. The van der Waals surface area contributed by atoms with E-state index in [1.165, 1.54) is 6.20 Å². The molecule has 110 valence electrons. The first-order valence-corrected chi connectivity index (χ1v) is 6.57. The van der Waals surface area contributed by atoms with Crippen LogP contribution in [0.25, 0.3) is 0 Å². The van der Waals surface area contributed by atoms with E-state index in [1.807, 2.05) is 12.1 Å². The molecule has 2 rings (SSSR count). The third-order valence-electron chi connectivity index (χ3n) is 2.68. The van der Waals surface area contributed by atoms with Gasteiger partial charge in [0.1, 0.15) is 6.54 Å². The number of hydrogen-bond donors (Lipinski definition) is 2. The van der Waals surface area contributed by atoms with Gasteiger partial charge < -0.3 is 10.4 Å². The number of aliphatic carboxylic acids is 1. The van der Waals surface area contributed by atoms with Crippen LogP contribution in [0.15, 0.2) is 30.5 Å². The van der Waals surface area contributed by atoms with Gasteiger partial charge in [-0.25, -0.2) is 4.68 Å². The lowest BCUT2D eigenvalue weighted by Gasteiger charge is -2.03. The van der Waals surface area contributed by atoms with E-state index in [0.717, 1.165) is 10.2 Å². The smallest absolute Gasteiger partial charge is 0.325 e. The maximum absolute atomic E-state index is 11.8. The Balaban J connectivity index is 1.82. The summed E-state index contributed by atoms with van der Waals surface area (Å²) >= 11 is 5.79. The molecule has 2 aromatic rings. The maximum atomic E-state index is 11.8. The van der Waals surface area contributed by atoms with Crippen molar-refractivity contribution in [3.8, 4) is 0 Å². The number of hydrogen-bond acceptors (Lipinski definition) is 4. The summed E-state index contributed by atoms with van der Waals surface area (Å²) in [5, 5.41) is 19.2. The molecule has 1 aromatic carbocycles. The second kappa shape index (κ2) is 6.85. The molecule has 8 heteroatoms. The second-order valence-corrected chi connectivity index (χ2v) is 4.76. The molecule has 0 atom stereocenters. The van der Waals surface area contributed by atoms with Gasteiger partial charge in [-0.2, -0.15) is 0 Å². The van der Waals surface area contributed by atoms with Gasteiger partial charge in [0, 0.05) is 11.6 Å². The summed E-state index contributed by atoms with van der Waals surface area (Å²) in [6, 6.07) is 7.35. The topological polar surface area (TPSA) is 97.1 Å². The average molecular weight is 309 g/mol. The van der Waals surface area contributed by atoms with Crippen LogP contribution in [0.3, 0.4) is 0 Å². The van der Waals surface area contributed by atoms with E-state index in [-0.39, 0.29) is 18.1 Å². The molecule has 0 saturated carbocycles. The predicted octanol–water partition coefficient (Wildman–Crippen LogP) is 0.989. The zero-order valence-corrected chi connectivity index (χ0v) is 11.7. The number of carbonyl (C=O) groups is 2. The number of carboxylic acid groups (broad SMARTS) is 1. The molecule has 0 aliphatic heterocycles. The number of carbonyl (C=O) groups excluding carboxylic acids is 1. The number of benzene rings is 1. The molecule has 1 amide bonds. The van der Waals surface area contributed by atoms with Crippen LogP contribution < -0.4 is 5.32 Å². The summed E-state index contributed by atoms with van der Waals surface area (Å²) in [6.07, 6.45) is 1.96. The Bertz CT molecular complexity index is 639. The quantitative estimate of drug-likeness (QED) is 0.829. The summed E-state index contributed by atoms with van der Waals surface area (Å²) in [5.74, 6) is -1.44. The van der Waals surface area contributed by atoms with Crippen LogP contribution in [0.1, 0.15) is 16.1 Å². The van der Waals surface area contributed by atoms with E-state index < -0.39 is 5.97 Å². The largest absolute Gasteiger partial charge is 0.480 e. The van der Waals surface area contributed by atoms with Crippen LogP contribution >= 0.6 is 11.6 Å². The lowest BCUT2D eigenvalue weighted by molar-refractivity contribution is -0.137. The SMILES string of the molecule is O=C(O)Cn1cc(C(=O)NCCc2ccc(Cl)cc2)nn1. The van der Waals surface area contributed by atoms with Crippen molar-refractivity contribution in [3.05, 3.63) is 46.7 Å². The van der Waals surface area contributed by atoms with Crippen molar-refractivity contribution in [1.82, 2.24) is 20.3 Å². The first-order valence-electron chi connectivity index (χ1n) is 6.19. The fourth-order valence-corrected chi connectivity index (χ4v) is 1.81. The normalized spacial score (nSPS) is 10.3. The standard InChI is InChI=1S/C13H13ClN4O3/c14-10-3-1-9(2-4-10)5-6-15-13(21)11-7-18(17-16-11)8-12(19)20/h1-4,7H,5-6,8H2,(H,15,21)(H,19,20). The molecule has 0 aliphatic rings. The number of nitrogens with one attached hydrogen (secondary N) is 1. The lowest BCUT2D eigenvalue weighted by atomic mass is 10.1. The molecule has 0 aliphatic carbocycles. The van der Waals surface area contributed by atoms with Crippen molar-refractivity contribution in [1.29, 1.82) is 0 Å². The Labute approximate surface area is 125 Å². The van der Waals surface area contributed by atoms with Gasteiger partial charge in [-0.1, -0.05) is 28.9 Å². The molecule has 0 saturated heterocycles. The van der Waals surface area contributed by atoms with Gasteiger partial charge in [0.05, 0.1) is 6.20 Å². The minimum absolute atomic E-state index is 0.0901. The van der Waals surface area contributed by atoms with E-state index in [1.54, 1.807) is 12.1 Å². The fraction of sp³-hybridized carbons (Fsp3) is 0.231. The molecule has 21 heavy (non-hydrogen) atoms. The second-order valence-electron chi connectivity index (χ2n) is 4.33. The number of aromatic nitrogens is 3. The van der Waals surface area contributed by atoms with E-state index >= 15 is 0 Å². The van der Waals surface area contributed by atoms with E-state index in [0.29, 0.717) is 18.0 Å². The summed E-state index contributed by atoms with van der Waals surface area (Å²) in [4.78, 5) is 22.3. The zero-order chi connectivity index (χ0) is 15.2. The Morgan fingerprint density at radius 1 is 1.29 bits per heavy atom. The highest BCUT2D eigenvalue weighted by Crippen LogP contribution is 2.09. The van der Waals surface area contributed by atoms with Crippen LogP contribution in [0.5, 0.6) is 0 Å². The Kier molecular flexibility index (Phi) is 4.89. The fourth-order valence-electron chi connectivity index (χ4n) is 1.68. The molecular weight excluding hydrogens is 296 g/mol. The first-order chi connectivity index (χ1) is 10.0. The van der Waals surface area contributed by atoms with Gasteiger partial charge in [-0.3, -0.25) is 9.59 Å². The third-order valence-corrected chi connectivity index (χ3v) is 2.93. The number of amides is 1. The van der Waals surface area contributed by atoms with Gasteiger partial charge in [0.2, 0.25) is 0 Å². The van der Waals surface area contributed by atoms with E-state index in [4.69, 9.17) is 16.7 Å². The van der Waals surface area contributed by atoms with Crippen molar-refractivity contribution in [2.75, 3.05) is 6.54 Å². The maximum Gasteiger partial charge on any atom is 0.325 e. The first kappa shape index (κ1) is 15.0. The van der Waals surface area contributed by atoms with Gasteiger partial charge in [0.15, 0.2) is 5.69 Å². The minimum atomic E-state index is -1.05. The highest BCUT2D eigenvalue weighted by Gasteiger charge is 2.11. The average Bonchev–Trinajstić information content (AvgIpc) is 2.88. The van der Waals surface area contributed by atoms with Gasteiger partial charge in [0.25, 0.3) is 5.91 Å². The molecule has 0 radical (unpaired) electrons. The molecular formula is C13H13ClN4O3. The number of nitrogens with zero attached hydrogens (tertiary/aromatic N) is 3. The Morgan fingerprint density at radius 3 is 2.67 bits per heavy atom. The Hall–Kier alpha value is -2.41.